The topological polar surface area (TPSA) is 56.2 Å². The number of nitrogen functional groups attached to an aromatic ring is 1. The molecule has 0 amide bonds. The van der Waals surface area contributed by atoms with Gasteiger partial charge in [0, 0.05) is 17.4 Å². The van der Waals surface area contributed by atoms with Gasteiger partial charge in [0.25, 0.3) is 0 Å². The second-order valence-corrected chi connectivity index (χ2v) is 7.20. The molecule has 3 rings (SSSR count). The smallest absolute Gasteiger partial charge is 0.170 e. The van der Waals surface area contributed by atoms with Crippen LogP contribution in [0.3, 0.4) is 0 Å². The van der Waals surface area contributed by atoms with Crippen molar-refractivity contribution in [2.24, 2.45) is 0 Å². The molecular weight excluding hydrogens is 368 g/mol. The summed E-state index contributed by atoms with van der Waals surface area (Å²) in [5.74, 6) is 0.779. The average molecular weight is 374 g/mol. The molecule has 0 atom stereocenters. The van der Waals surface area contributed by atoms with E-state index in [-0.39, 0.29) is 0 Å². The lowest BCUT2D eigenvalue weighted by molar-refractivity contribution is 1.11. The third-order valence-corrected chi connectivity index (χ3v) is 4.66. The standard InChI is InChI=1S/C10H6Br2N4S/c11-7-3-6(9(12)17-7)10-15-14-8-2-1-5(13)4-16(8)10/h1-4H,13H2. The predicted octanol–water partition coefficient (Wildman–Crippen LogP) is 3.57. The Kier molecular flexibility index (Phi) is 2.68. The Morgan fingerprint density at radius 2 is 2.06 bits per heavy atom. The quantitative estimate of drug-likeness (QED) is 0.709. The highest BCUT2D eigenvalue weighted by Crippen LogP contribution is 2.37. The van der Waals surface area contributed by atoms with Gasteiger partial charge in [0.2, 0.25) is 0 Å². The lowest BCUT2D eigenvalue weighted by atomic mass is 10.3. The highest BCUT2D eigenvalue weighted by Gasteiger charge is 2.14. The van der Waals surface area contributed by atoms with Crippen LogP contribution in [-0.2, 0) is 0 Å². The summed E-state index contributed by atoms with van der Waals surface area (Å²) in [5.41, 5.74) is 8.24. The number of fused-ring (bicyclic) bond motifs is 1. The van der Waals surface area contributed by atoms with E-state index in [0.717, 1.165) is 24.6 Å². The second kappa shape index (κ2) is 4.08. The molecule has 7 heteroatoms. The monoisotopic (exact) mass is 372 g/mol. The van der Waals surface area contributed by atoms with Crippen molar-refractivity contribution in [2.75, 3.05) is 5.73 Å². The van der Waals surface area contributed by atoms with Crippen molar-refractivity contribution < 1.29 is 0 Å². The molecule has 0 fully saturated rings. The first-order chi connectivity index (χ1) is 8.15. The molecule has 0 aliphatic rings. The van der Waals surface area contributed by atoms with Crippen molar-refractivity contribution in [1.82, 2.24) is 14.6 Å². The fraction of sp³-hybridized carbons (Fsp3) is 0. The zero-order valence-electron chi connectivity index (χ0n) is 8.39. The van der Waals surface area contributed by atoms with Crippen LogP contribution in [0.4, 0.5) is 5.69 Å². The van der Waals surface area contributed by atoms with E-state index in [9.17, 15) is 0 Å². The van der Waals surface area contributed by atoms with Gasteiger partial charge in [0.15, 0.2) is 11.5 Å². The van der Waals surface area contributed by atoms with Crippen LogP contribution in [0, 0.1) is 0 Å². The van der Waals surface area contributed by atoms with Crippen LogP contribution in [0.25, 0.3) is 17.0 Å². The number of nitrogens with two attached hydrogens (primary N) is 1. The summed E-state index contributed by atoms with van der Waals surface area (Å²) in [6.07, 6.45) is 1.82. The van der Waals surface area contributed by atoms with E-state index in [4.69, 9.17) is 5.73 Å². The maximum absolute atomic E-state index is 5.78. The number of pyridine rings is 1. The van der Waals surface area contributed by atoms with E-state index >= 15 is 0 Å². The molecule has 17 heavy (non-hydrogen) atoms. The molecule has 0 aromatic carbocycles. The van der Waals surface area contributed by atoms with E-state index in [0.29, 0.717) is 5.69 Å². The van der Waals surface area contributed by atoms with Gasteiger partial charge in [-0.3, -0.25) is 4.40 Å². The third kappa shape index (κ3) is 1.88. The fourth-order valence-corrected chi connectivity index (χ4v) is 4.37. The average Bonchev–Trinajstić information content (AvgIpc) is 2.81. The Morgan fingerprint density at radius 3 is 2.76 bits per heavy atom. The number of aromatic nitrogens is 3. The van der Waals surface area contributed by atoms with E-state index in [1.54, 1.807) is 11.3 Å². The summed E-state index contributed by atoms with van der Waals surface area (Å²) >= 11 is 8.57. The first kappa shape index (κ1) is 11.2. The number of rotatable bonds is 1. The number of anilines is 1. The van der Waals surface area contributed by atoms with Gasteiger partial charge in [-0.1, -0.05) is 0 Å². The highest BCUT2D eigenvalue weighted by atomic mass is 79.9. The molecule has 0 aliphatic heterocycles. The molecule has 0 radical (unpaired) electrons. The molecule has 86 valence electrons. The lowest BCUT2D eigenvalue weighted by Crippen LogP contribution is -1.92. The van der Waals surface area contributed by atoms with Crippen molar-refractivity contribution in [2.45, 2.75) is 0 Å². The summed E-state index contributed by atoms with van der Waals surface area (Å²) in [7, 11) is 0. The Labute approximate surface area is 118 Å². The van der Waals surface area contributed by atoms with Gasteiger partial charge in [-0.05, 0) is 50.1 Å². The highest BCUT2D eigenvalue weighted by molar-refractivity contribution is 9.12. The molecule has 0 saturated heterocycles. The molecule has 4 nitrogen and oxygen atoms in total. The van der Waals surface area contributed by atoms with Crippen molar-refractivity contribution in [3.63, 3.8) is 0 Å². The van der Waals surface area contributed by atoms with Crippen LogP contribution >= 0.6 is 43.2 Å². The first-order valence-electron chi connectivity index (χ1n) is 4.70. The van der Waals surface area contributed by atoms with Crippen LogP contribution < -0.4 is 5.73 Å². The SMILES string of the molecule is Nc1ccc2nnc(-c3cc(Br)sc3Br)n2c1. The summed E-state index contributed by atoms with van der Waals surface area (Å²) in [6.45, 7) is 0. The van der Waals surface area contributed by atoms with Gasteiger partial charge in [0.1, 0.15) is 0 Å². The van der Waals surface area contributed by atoms with Crippen LogP contribution in [-0.4, -0.2) is 14.6 Å². The van der Waals surface area contributed by atoms with Gasteiger partial charge in [-0.25, -0.2) is 0 Å². The Bertz CT molecular complexity index is 703. The Balaban J connectivity index is 2.30. The Morgan fingerprint density at radius 1 is 1.24 bits per heavy atom. The molecule has 0 saturated carbocycles. The minimum Gasteiger partial charge on any atom is -0.398 e. The molecule has 3 heterocycles. The van der Waals surface area contributed by atoms with Crippen molar-refractivity contribution in [3.8, 4) is 11.4 Å². The van der Waals surface area contributed by atoms with Crippen LogP contribution in [0.15, 0.2) is 32.0 Å². The Hall–Kier alpha value is -0.920. The zero-order valence-corrected chi connectivity index (χ0v) is 12.4. The molecule has 0 spiro atoms. The molecule has 0 aliphatic carbocycles. The summed E-state index contributed by atoms with van der Waals surface area (Å²) in [4.78, 5) is 0. The summed E-state index contributed by atoms with van der Waals surface area (Å²) in [5, 5.41) is 8.31. The van der Waals surface area contributed by atoms with Crippen molar-refractivity contribution >= 4 is 54.5 Å². The number of hydrogen-bond acceptors (Lipinski definition) is 4. The van der Waals surface area contributed by atoms with E-state index < -0.39 is 0 Å². The number of halogens is 2. The molecular formula is C10H6Br2N4S. The molecule has 3 aromatic heterocycles. The molecule has 0 unspecified atom stereocenters. The van der Waals surface area contributed by atoms with Gasteiger partial charge in [-0.15, -0.1) is 21.5 Å². The summed E-state index contributed by atoms with van der Waals surface area (Å²) < 4.78 is 3.94. The van der Waals surface area contributed by atoms with E-state index in [1.165, 1.54) is 0 Å². The number of thiophene rings is 1. The third-order valence-electron chi connectivity index (χ3n) is 2.32. The maximum atomic E-state index is 5.78. The van der Waals surface area contributed by atoms with Crippen molar-refractivity contribution in [1.29, 1.82) is 0 Å². The second-order valence-electron chi connectivity index (χ2n) is 3.45. The zero-order chi connectivity index (χ0) is 12.0. The first-order valence-corrected chi connectivity index (χ1v) is 7.11. The number of hydrogen-bond donors (Lipinski definition) is 1. The van der Waals surface area contributed by atoms with Gasteiger partial charge >= 0.3 is 0 Å². The minimum absolute atomic E-state index is 0.684. The van der Waals surface area contributed by atoms with E-state index in [2.05, 4.69) is 42.1 Å². The van der Waals surface area contributed by atoms with Crippen molar-refractivity contribution in [3.05, 3.63) is 32.0 Å². The van der Waals surface area contributed by atoms with Crippen LogP contribution in [0.1, 0.15) is 0 Å². The van der Waals surface area contributed by atoms with Gasteiger partial charge < -0.3 is 5.73 Å². The maximum Gasteiger partial charge on any atom is 0.170 e. The normalized spacial score (nSPS) is 11.2. The fourth-order valence-electron chi connectivity index (χ4n) is 1.58. The molecule has 2 N–H and O–H groups in total. The molecule has 3 aromatic rings. The van der Waals surface area contributed by atoms with Gasteiger partial charge in [-0.2, -0.15) is 0 Å². The predicted molar refractivity (Wildman–Crippen MR) is 76.1 cm³/mol. The van der Waals surface area contributed by atoms with Crippen LogP contribution in [0.2, 0.25) is 0 Å². The largest absolute Gasteiger partial charge is 0.398 e. The lowest BCUT2D eigenvalue weighted by Gasteiger charge is -1.99. The summed E-state index contributed by atoms with van der Waals surface area (Å²) in [6, 6.07) is 5.67. The van der Waals surface area contributed by atoms with Gasteiger partial charge in [0.05, 0.1) is 7.57 Å². The van der Waals surface area contributed by atoms with Crippen LogP contribution in [0.5, 0.6) is 0 Å². The number of nitrogens with zero attached hydrogens (tertiary/aromatic N) is 3. The molecule has 0 bridgehead atoms. The van der Waals surface area contributed by atoms with E-state index in [1.807, 2.05) is 28.8 Å². The minimum atomic E-state index is 0.684.